The topological polar surface area (TPSA) is 96.0 Å². The van der Waals surface area contributed by atoms with Crippen LogP contribution in [0.5, 0.6) is 5.75 Å². The predicted molar refractivity (Wildman–Crippen MR) is 124 cm³/mol. The molecule has 6 nitrogen and oxygen atoms in total. The summed E-state index contributed by atoms with van der Waals surface area (Å²) in [7, 11) is 0. The van der Waals surface area contributed by atoms with E-state index < -0.39 is 12.2 Å². The summed E-state index contributed by atoms with van der Waals surface area (Å²) < 4.78 is 6.31. The lowest BCUT2D eigenvalue weighted by Crippen LogP contribution is -2.50. The zero-order valence-electron chi connectivity index (χ0n) is 17.9. The summed E-state index contributed by atoms with van der Waals surface area (Å²) in [5.41, 5.74) is 8.21. The number of benzene rings is 1. The molecule has 1 aromatic carbocycles. The molecule has 3 heterocycles. The van der Waals surface area contributed by atoms with Crippen LogP contribution in [0.1, 0.15) is 36.8 Å². The Morgan fingerprint density at radius 3 is 2.65 bits per heavy atom. The van der Waals surface area contributed by atoms with E-state index in [1.807, 2.05) is 17.0 Å². The zero-order valence-corrected chi connectivity index (χ0v) is 19.5. The average molecular weight is 465 g/mol. The fourth-order valence-corrected chi connectivity index (χ4v) is 9.04. The van der Waals surface area contributed by atoms with Gasteiger partial charge in [0.05, 0.1) is 28.6 Å². The second kappa shape index (κ2) is 8.45. The number of likely N-dealkylation sites (tertiary alicyclic amines) is 1. The van der Waals surface area contributed by atoms with Crippen LogP contribution in [-0.2, 0) is 16.8 Å². The van der Waals surface area contributed by atoms with Crippen molar-refractivity contribution in [1.29, 1.82) is 0 Å². The fraction of sp³-hybridized carbons (Fsp3) is 0.696. The van der Waals surface area contributed by atoms with Gasteiger partial charge in [-0.3, -0.25) is 4.79 Å². The summed E-state index contributed by atoms with van der Waals surface area (Å²) >= 11 is 3.52. The van der Waals surface area contributed by atoms with Crippen molar-refractivity contribution in [3.63, 3.8) is 0 Å². The van der Waals surface area contributed by atoms with Crippen molar-refractivity contribution in [2.75, 3.05) is 26.0 Å². The minimum atomic E-state index is -0.716. The van der Waals surface area contributed by atoms with Crippen molar-refractivity contribution in [3.05, 3.63) is 29.3 Å². The van der Waals surface area contributed by atoms with Crippen molar-refractivity contribution in [2.24, 2.45) is 17.6 Å². The van der Waals surface area contributed by atoms with Crippen molar-refractivity contribution in [1.82, 2.24) is 4.90 Å². The molecule has 5 rings (SSSR count). The highest BCUT2D eigenvalue weighted by molar-refractivity contribution is 8.17. The zero-order chi connectivity index (χ0) is 21.8. The Morgan fingerprint density at radius 1 is 1.26 bits per heavy atom. The number of rotatable bonds is 3. The van der Waals surface area contributed by atoms with Gasteiger partial charge in [0, 0.05) is 30.6 Å². The summed E-state index contributed by atoms with van der Waals surface area (Å²) in [4.78, 5) is 15.6. The Labute approximate surface area is 192 Å². The average Bonchev–Trinajstić information content (AvgIpc) is 3.32. The van der Waals surface area contributed by atoms with E-state index in [1.54, 1.807) is 23.5 Å². The van der Waals surface area contributed by atoms with Crippen molar-refractivity contribution < 1.29 is 19.7 Å². The molecular weight excluding hydrogens is 432 g/mol. The monoisotopic (exact) mass is 464 g/mol. The quantitative estimate of drug-likeness (QED) is 0.629. The number of hydrogen-bond acceptors (Lipinski definition) is 7. The Balaban J connectivity index is 1.29. The molecule has 6 unspecified atom stereocenters. The molecule has 3 fully saturated rings. The third-order valence-electron chi connectivity index (χ3n) is 7.90. The molecule has 0 bridgehead atoms. The molecule has 0 aromatic heterocycles. The van der Waals surface area contributed by atoms with Gasteiger partial charge < -0.3 is 25.6 Å². The predicted octanol–water partition coefficient (Wildman–Crippen LogP) is 1.95. The molecule has 31 heavy (non-hydrogen) atoms. The lowest BCUT2D eigenvalue weighted by Gasteiger charge is -2.41. The van der Waals surface area contributed by atoms with Crippen LogP contribution in [0.2, 0.25) is 0 Å². The molecule has 4 aliphatic rings. The first-order valence-electron chi connectivity index (χ1n) is 11.3. The first-order chi connectivity index (χ1) is 15.0. The third-order valence-corrected chi connectivity index (χ3v) is 11.1. The van der Waals surface area contributed by atoms with Crippen LogP contribution in [0.25, 0.3) is 0 Å². The number of nitrogens with zero attached hydrogens (tertiary/aromatic N) is 1. The molecular formula is C23H32N2O4S2. The summed E-state index contributed by atoms with van der Waals surface area (Å²) in [5.74, 6) is 1.61. The summed E-state index contributed by atoms with van der Waals surface area (Å²) in [6.07, 6.45) is 3.61. The van der Waals surface area contributed by atoms with Crippen molar-refractivity contribution in [3.8, 4) is 5.75 Å². The number of aliphatic hydroxyl groups is 2. The maximum atomic E-state index is 13.6. The number of ether oxygens (including phenoxy) is 1. The van der Waals surface area contributed by atoms with E-state index in [-0.39, 0.29) is 28.4 Å². The van der Waals surface area contributed by atoms with E-state index in [9.17, 15) is 15.0 Å². The van der Waals surface area contributed by atoms with E-state index in [1.165, 1.54) is 5.56 Å². The number of carbonyl (C=O) groups is 1. The van der Waals surface area contributed by atoms with Crippen LogP contribution in [0.3, 0.4) is 0 Å². The molecule has 1 aromatic rings. The van der Waals surface area contributed by atoms with E-state index >= 15 is 0 Å². The van der Waals surface area contributed by atoms with Crippen LogP contribution in [0, 0.1) is 11.8 Å². The van der Waals surface area contributed by atoms with E-state index in [0.29, 0.717) is 30.6 Å². The maximum absolute atomic E-state index is 13.6. The van der Waals surface area contributed by atoms with Gasteiger partial charge in [-0.25, -0.2) is 0 Å². The molecule has 1 amide bonds. The number of hydrogen-bond donors (Lipinski definition) is 3. The Morgan fingerprint density at radius 2 is 1.97 bits per heavy atom. The first kappa shape index (κ1) is 21.9. The molecule has 8 heteroatoms. The van der Waals surface area contributed by atoms with Gasteiger partial charge in [0.25, 0.3) is 0 Å². The molecule has 4 N–H and O–H groups in total. The van der Waals surface area contributed by atoms with Crippen molar-refractivity contribution in [2.45, 2.75) is 59.7 Å². The highest BCUT2D eigenvalue weighted by atomic mass is 32.2. The van der Waals surface area contributed by atoms with Crippen LogP contribution in [-0.4, -0.2) is 69.0 Å². The highest BCUT2D eigenvalue weighted by Gasteiger charge is 2.53. The number of amides is 1. The van der Waals surface area contributed by atoms with E-state index in [2.05, 4.69) is 12.3 Å². The molecule has 0 radical (unpaired) electrons. The van der Waals surface area contributed by atoms with E-state index in [0.717, 1.165) is 37.2 Å². The van der Waals surface area contributed by atoms with Gasteiger partial charge in [0.1, 0.15) is 5.75 Å². The number of piperidine rings is 1. The Kier molecular flexibility index (Phi) is 5.97. The Bertz CT molecular complexity index is 845. The minimum absolute atomic E-state index is 0.0183. The van der Waals surface area contributed by atoms with Crippen LogP contribution >= 0.6 is 23.5 Å². The second-order valence-corrected chi connectivity index (χ2v) is 12.1. The highest BCUT2D eigenvalue weighted by Crippen LogP contribution is 2.54. The molecule has 1 aliphatic carbocycles. The lowest BCUT2D eigenvalue weighted by atomic mass is 9.73. The maximum Gasteiger partial charge on any atom is 0.236 e. The number of fused-ring (bicyclic) bond motifs is 3. The van der Waals surface area contributed by atoms with Gasteiger partial charge in [0.15, 0.2) is 0 Å². The lowest BCUT2D eigenvalue weighted by molar-refractivity contribution is -0.134. The molecule has 1 spiro atoms. The molecule has 2 saturated heterocycles. The van der Waals surface area contributed by atoms with Gasteiger partial charge in [-0.2, -0.15) is 11.8 Å². The van der Waals surface area contributed by atoms with E-state index in [4.69, 9.17) is 10.5 Å². The molecule has 170 valence electrons. The summed E-state index contributed by atoms with van der Waals surface area (Å²) in [5, 5.41) is 20.3. The third kappa shape index (κ3) is 3.68. The van der Waals surface area contributed by atoms with Gasteiger partial charge in [-0.1, -0.05) is 12.1 Å². The van der Waals surface area contributed by atoms with Crippen LogP contribution in [0.4, 0.5) is 0 Å². The summed E-state index contributed by atoms with van der Waals surface area (Å²) in [6.45, 7) is 2.67. The standard InChI is InChI=1S/C23H32N2O4S2/c1-30-22-15-10-18(27)17(26)9-14(15)20(31-22)21(28)25-6-4-23(5-7-25)12-29-19-3-2-13(11-24)8-16(19)23/h2-3,8,14-15,17-18,20,22,26-27H,4-7,9-12,24H2,1H3. The smallest absolute Gasteiger partial charge is 0.236 e. The van der Waals surface area contributed by atoms with Gasteiger partial charge in [-0.05, 0) is 55.4 Å². The fourth-order valence-electron chi connectivity index (χ4n) is 5.99. The second-order valence-electron chi connectivity index (χ2n) is 9.52. The minimum Gasteiger partial charge on any atom is -0.492 e. The van der Waals surface area contributed by atoms with Crippen molar-refractivity contribution >= 4 is 29.4 Å². The largest absolute Gasteiger partial charge is 0.492 e. The number of carbonyl (C=O) groups excluding carboxylic acids is 1. The molecule has 6 atom stereocenters. The number of nitrogens with two attached hydrogens (primary N) is 1. The van der Waals surface area contributed by atoms with Crippen LogP contribution < -0.4 is 10.5 Å². The number of thioether (sulfide) groups is 2. The molecule has 1 saturated carbocycles. The SMILES string of the molecule is CSC1SC(C(=O)N2CCC3(CC2)COc2ccc(CN)cc23)C2CC(O)C(O)CC12. The van der Waals surface area contributed by atoms with Crippen LogP contribution in [0.15, 0.2) is 18.2 Å². The number of aliphatic hydroxyl groups excluding tert-OH is 2. The van der Waals surface area contributed by atoms with Gasteiger partial charge in [-0.15, -0.1) is 11.8 Å². The summed E-state index contributed by atoms with van der Waals surface area (Å²) in [6, 6.07) is 6.25. The van der Waals surface area contributed by atoms with Gasteiger partial charge in [0.2, 0.25) is 5.91 Å². The van der Waals surface area contributed by atoms with Gasteiger partial charge >= 0.3 is 0 Å². The molecule has 3 aliphatic heterocycles. The normalized spacial score (nSPS) is 36.2. The first-order valence-corrected chi connectivity index (χ1v) is 13.5. The Hall–Kier alpha value is -0.930.